The van der Waals surface area contributed by atoms with Gasteiger partial charge in [-0.05, 0) is 5.92 Å². The highest BCUT2D eigenvalue weighted by atomic mass is 32.3. The first kappa shape index (κ1) is 17.8. The van der Waals surface area contributed by atoms with Gasteiger partial charge in [0.1, 0.15) is 0 Å². The van der Waals surface area contributed by atoms with E-state index in [1.54, 1.807) is 0 Å². The minimum atomic E-state index is -3.84. The van der Waals surface area contributed by atoms with Crippen molar-refractivity contribution >= 4 is 37.1 Å². The number of nitrogens with two attached hydrogens (primary N) is 1. The fraction of sp³-hybridized carbons (Fsp3) is 0.889. The summed E-state index contributed by atoms with van der Waals surface area (Å²) in [6.45, 7) is 4.07. The van der Waals surface area contributed by atoms with Gasteiger partial charge < -0.3 is 5.73 Å². The molecule has 9 heteroatoms. The Balaban J connectivity index is 4.99. The number of sulfonamides is 1. The Hall–Kier alpha value is -0.250. The third kappa shape index (κ3) is 7.96. The fourth-order valence-electron chi connectivity index (χ4n) is 1.33. The lowest BCUT2D eigenvalue weighted by molar-refractivity contribution is 0.376. The Kier molecular flexibility index (Phi) is 6.69. The lowest BCUT2D eigenvalue weighted by Gasteiger charge is -2.23. The molecule has 0 aromatic carbocycles. The number of sulfone groups is 1. The minimum Gasteiger partial charge on any atom is -0.393 e. The quantitative estimate of drug-likeness (QED) is 0.631. The first-order chi connectivity index (χ1) is 7.94. The van der Waals surface area contributed by atoms with Crippen molar-refractivity contribution in [3.63, 3.8) is 0 Å². The summed E-state index contributed by atoms with van der Waals surface area (Å²) in [5.74, 6) is 0.0886. The summed E-state index contributed by atoms with van der Waals surface area (Å²) in [7, 11) is -7.44. The maximum absolute atomic E-state index is 12.0. The molecule has 0 aliphatic carbocycles. The molecule has 0 unspecified atom stereocenters. The first-order valence-electron chi connectivity index (χ1n) is 5.38. The number of hydrogen-bond acceptors (Lipinski definition) is 5. The van der Waals surface area contributed by atoms with E-state index in [0.29, 0.717) is 0 Å². The highest BCUT2D eigenvalue weighted by molar-refractivity contribution is 8.06. The zero-order valence-corrected chi connectivity index (χ0v) is 13.2. The summed E-state index contributed by atoms with van der Waals surface area (Å²) < 4.78 is 47.3. The van der Waals surface area contributed by atoms with E-state index >= 15 is 0 Å². The van der Waals surface area contributed by atoms with Gasteiger partial charge in [-0.15, -0.1) is 0 Å². The molecule has 108 valence electrons. The number of thiocarbonyl (C=S) groups is 1. The van der Waals surface area contributed by atoms with Crippen LogP contribution in [0.15, 0.2) is 0 Å². The molecule has 0 saturated heterocycles. The molecule has 0 heterocycles. The van der Waals surface area contributed by atoms with Gasteiger partial charge in [0.2, 0.25) is 10.0 Å². The van der Waals surface area contributed by atoms with Crippen molar-refractivity contribution in [2.75, 3.05) is 24.4 Å². The molecule has 6 nitrogen and oxygen atoms in total. The van der Waals surface area contributed by atoms with Crippen LogP contribution in [0.25, 0.3) is 0 Å². The topological polar surface area (TPSA) is 97.5 Å². The molecule has 0 aromatic heterocycles. The Morgan fingerprint density at radius 3 is 2.11 bits per heavy atom. The van der Waals surface area contributed by atoms with E-state index in [1.807, 2.05) is 13.8 Å². The van der Waals surface area contributed by atoms with Gasteiger partial charge in [-0.2, -0.15) is 0 Å². The van der Waals surface area contributed by atoms with Crippen LogP contribution in [0.2, 0.25) is 0 Å². The molecule has 0 radical (unpaired) electrons. The monoisotopic (exact) mass is 316 g/mol. The van der Waals surface area contributed by atoms with Crippen molar-refractivity contribution in [1.82, 2.24) is 4.31 Å². The first-order valence-corrected chi connectivity index (χ1v) is 9.45. The van der Waals surface area contributed by atoms with Crippen LogP contribution in [-0.2, 0) is 19.9 Å². The molecule has 18 heavy (non-hydrogen) atoms. The van der Waals surface area contributed by atoms with Gasteiger partial charge in [-0.1, -0.05) is 26.1 Å². The van der Waals surface area contributed by atoms with Crippen LogP contribution in [0.5, 0.6) is 0 Å². The molecule has 0 fully saturated rings. The van der Waals surface area contributed by atoms with Crippen LogP contribution in [0, 0.1) is 5.92 Å². The van der Waals surface area contributed by atoms with Gasteiger partial charge in [0.05, 0.1) is 4.99 Å². The second-order valence-corrected chi connectivity index (χ2v) is 9.62. The second-order valence-electron chi connectivity index (χ2n) is 4.62. The van der Waals surface area contributed by atoms with Gasteiger partial charge in [0.25, 0.3) is 0 Å². The predicted molar refractivity (Wildman–Crippen MR) is 76.4 cm³/mol. The van der Waals surface area contributed by atoms with Gasteiger partial charge in [-0.25, -0.2) is 21.1 Å². The van der Waals surface area contributed by atoms with Gasteiger partial charge in [-0.3, -0.25) is 0 Å². The lowest BCUT2D eigenvalue weighted by atomic mass is 10.2. The van der Waals surface area contributed by atoms with Crippen LogP contribution in [0.3, 0.4) is 0 Å². The Labute approximate surface area is 115 Å². The van der Waals surface area contributed by atoms with E-state index in [2.05, 4.69) is 0 Å². The molecule has 0 aliphatic rings. The zero-order valence-electron chi connectivity index (χ0n) is 10.8. The van der Waals surface area contributed by atoms with Crippen LogP contribution >= 0.6 is 12.2 Å². The highest BCUT2D eigenvalue weighted by Crippen LogP contribution is 2.09. The summed E-state index contributed by atoms with van der Waals surface area (Å²) in [6.07, 6.45) is 1.14. The number of rotatable bonds is 8. The summed E-state index contributed by atoms with van der Waals surface area (Å²) in [5.41, 5.74) is 5.33. The highest BCUT2D eigenvalue weighted by Gasteiger charge is 2.26. The molecule has 0 saturated carbocycles. The molecular weight excluding hydrogens is 296 g/mol. The molecule has 2 N–H and O–H groups in total. The molecule has 0 amide bonds. The molecule has 0 aromatic rings. The average molecular weight is 316 g/mol. The molecule has 0 spiro atoms. The summed E-state index contributed by atoms with van der Waals surface area (Å²) in [4.78, 5) is 0.207. The maximum atomic E-state index is 12.0. The van der Waals surface area contributed by atoms with Crippen molar-refractivity contribution in [1.29, 1.82) is 0 Å². The third-order valence-electron chi connectivity index (χ3n) is 1.93. The van der Waals surface area contributed by atoms with Gasteiger partial charge >= 0.3 is 0 Å². The standard InChI is InChI=1S/C9H20N2O4S3/c1-8(2)6-11(5-4-9(10)16)18(14,15)7-17(3,12)13/h8H,4-7H2,1-3H3,(H2,10,16). The van der Waals surface area contributed by atoms with Crippen molar-refractivity contribution in [2.24, 2.45) is 11.7 Å². The van der Waals surface area contributed by atoms with E-state index in [-0.39, 0.29) is 30.4 Å². The number of nitrogens with zero attached hydrogens (tertiary/aromatic N) is 1. The van der Waals surface area contributed by atoms with Crippen LogP contribution < -0.4 is 5.73 Å². The Morgan fingerprint density at radius 1 is 1.28 bits per heavy atom. The molecule has 0 aliphatic heterocycles. The summed E-state index contributed by atoms with van der Waals surface area (Å²) in [6, 6.07) is 0. The van der Waals surface area contributed by atoms with Crippen molar-refractivity contribution in [2.45, 2.75) is 20.3 Å². The van der Waals surface area contributed by atoms with E-state index in [4.69, 9.17) is 18.0 Å². The molecule has 0 rings (SSSR count). The largest absolute Gasteiger partial charge is 0.393 e. The van der Waals surface area contributed by atoms with Crippen molar-refractivity contribution < 1.29 is 16.8 Å². The van der Waals surface area contributed by atoms with Crippen LogP contribution in [-0.4, -0.2) is 50.6 Å². The summed E-state index contributed by atoms with van der Waals surface area (Å²) >= 11 is 4.70. The Bertz CT molecular complexity index is 482. The summed E-state index contributed by atoms with van der Waals surface area (Å²) in [5, 5.41) is -0.885. The third-order valence-corrected chi connectivity index (χ3v) is 6.16. The molecular formula is C9H20N2O4S3. The second kappa shape index (κ2) is 6.78. The van der Waals surface area contributed by atoms with Crippen molar-refractivity contribution in [3.05, 3.63) is 0 Å². The normalized spacial score (nSPS) is 13.2. The van der Waals surface area contributed by atoms with Gasteiger partial charge in [0.15, 0.2) is 14.9 Å². The molecule has 0 atom stereocenters. The van der Waals surface area contributed by atoms with E-state index in [0.717, 1.165) is 10.6 Å². The fourth-order valence-corrected chi connectivity index (χ4v) is 5.08. The van der Waals surface area contributed by atoms with E-state index in [9.17, 15) is 16.8 Å². The van der Waals surface area contributed by atoms with E-state index in [1.165, 1.54) is 0 Å². The van der Waals surface area contributed by atoms with Crippen molar-refractivity contribution in [3.8, 4) is 0 Å². The van der Waals surface area contributed by atoms with Crippen LogP contribution in [0.1, 0.15) is 20.3 Å². The predicted octanol–water partition coefficient (Wildman–Crippen LogP) is -0.0475. The zero-order chi connectivity index (χ0) is 14.6. The SMILES string of the molecule is CC(C)CN(CCC(N)=S)S(=O)(=O)CS(C)(=O)=O. The van der Waals surface area contributed by atoms with Crippen LogP contribution in [0.4, 0.5) is 0 Å². The minimum absolute atomic E-state index is 0.0886. The smallest absolute Gasteiger partial charge is 0.228 e. The lowest BCUT2D eigenvalue weighted by Crippen LogP contribution is -2.39. The average Bonchev–Trinajstić information content (AvgIpc) is 2.06. The van der Waals surface area contributed by atoms with Gasteiger partial charge in [0, 0.05) is 25.8 Å². The number of hydrogen-bond donors (Lipinski definition) is 1. The van der Waals surface area contributed by atoms with E-state index < -0.39 is 24.9 Å². The molecule has 0 bridgehead atoms. The maximum Gasteiger partial charge on any atom is 0.228 e. The Morgan fingerprint density at radius 2 is 1.78 bits per heavy atom.